The smallest absolute Gasteiger partial charge is 0.166 e. The standard InChI is InChI=1S/C11H15NO2/c1-7-10(12-2)8-5-4-6-9(13-3)11(8)14-7/h4-7,10,12H,1-3H3. The number of hydrogen-bond donors (Lipinski definition) is 1. The number of methoxy groups -OCH3 is 1. The average Bonchev–Trinajstić information content (AvgIpc) is 2.52. The predicted octanol–water partition coefficient (Wildman–Crippen LogP) is 1.74. The van der Waals surface area contributed by atoms with Crippen LogP contribution in [-0.2, 0) is 0 Å². The van der Waals surface area contributed by atoms with Gasteiger partial charge in [0, 0.05) is 5.56 Å². The number of likely N-dealkylation sites (N-methyl/N-ethyl adjacent to an activating group) is 1. The molecule has 0 spiro atoms. The molecule has 0 fully saturated rings. The Labute approximate surface area is 84.0 Å². The van der Waals surface area contributed by atoms with E-state index in [1.807, 2.05) is 19.2 Å². The van der Waals surface area contributed by atoms with Gasteiger partial charge in [-0.15, -0.1) is 0 Å². The Kier molecular flexibility index (Phi) is 2.33. The van der Waals surface area contributed by atoms with E-state index in [1.54, 1.807) is 7.11 Å². The second kappa shape index (κ2) is 3.50. The molecule has 0 bridgehead atoms. The molecular weight excluding hydrogens is 178 g/mol. The second-order valence-electron chi connectivity index (χ2n) is 3.47. The molecule has 2 unspecified atom stereocenters. The summed E-state index contributed by atoms with van der Waals surface area (Å²) in [7, 11) is 3.61. The van der Waals surface area contributed by atoms with Crippen molar-refractivity contribution in [1.82, 2.24) is 5.32 Å². The van der Waals surface area contributed by atoms with E-state index in [9.17, 15) is 0 Å². The molecule has 0 aliphatic carbocycles. The van der Waals surface area contributed by atoms with Gasteiger partial charge in [0.1, 0.15) is 6.10 Å². The van der Waals surface area contributed by atoms with Crippen LogP contribution in [0.1, 0.15) is 18.5 Å². The van der Waals surface area contributed by atoms with Gasteiger partial charge in [-0.25, -0.2) is 0 Å². The molecule has 0 aromatic heterocycles. The van der Waals surface area contributed by atoms with Crippen molar-refractivity contribution in [2.45, 2.75) is 19.1 Å². The maximum Gasteiger partial charge on any atom is 0.166 e. The highest BCUT2D eigenvalue weighted by molar-refractivity contribution is 5.51. The number of benzene rings is 1. The Morgan fingerprint density at radius 1 is 1.43 bits per heavy atom. The van der Waals surface area contributed by atoms with Crippen LogP contribution in [0.5, 0.6) is 11.5 Å². The molecule has 3 nitrogen and oxygen atoms in total. The molecule has 1 N–H and O–H groups in total. The zero-order valence-electron chi connectivity index (χ0n) is 8.70. The quantitative estimate of drug-likeness (QED) is 0.776. The molecule has 3 heteroatoms. The molecule has 1 aromatic rings. The molecule has 14 heavy (non-hydrogen) atoms. The highest BCUT2D eigenvalue weighted by Gasteiger charge is 2.31. The molecule has 0 saturated carbocycles. The van der Waals surface area contributed by atoms with E-state index in [0.717, 1.165) is 11.5 Å². The van der Waals surface area contributed by atoms with Gasteiger partial charge in [-0.1, -0.05) is 12.1 Å². The molecule has 1 aromatic carbocycles. The van der Waals surface area contributed by atoms with E-state index in [4.69, 9.17) is 9.47 Å². The minimum atomic E-state index is 0.159. The second-order valence-corrected chi connectivity index (χ2v) is 3.47. The summed E-state index contributed by atoms with van der Waals surface area (Å²) in [6, 6.07) is 6.25. The lowest BCUT2D eigenvalue weighted by atomic mass is 10.0. The van der Waals surface area contributed by atoms with Gasteiger partial charge in [-0.2, -0.15) is 0 Å². The summed E-state index contributed by atoms with van der Waals surface area (Å²) in [5.74, 6) is 1.69. The Hall–Kier alpha value is -1.22. The summed E-state index contributed by atoms with van der Waals surface area (Å²) in [5.41, 5.74) is 1.18. The number of hydrogen-bond acceptors (Lipinski definition) is 3. The van der Waals surface area contributed by atoms with E-state index < -0.39 is 0 Å². The topological polar surface area (TPSA) is 30.5 Å². The highest BCUT2D eigenvalue weighted by Crippen LogP contribution is 2.42. The number of nitrogens with one attached hydrogen (secondary N) is 1. The third-order valence-corrected chi connectivity index (χ3v) is 2.65. The zero-order chi connectivity index (χ0) is 10.1. The van der Waals surface area contributed by atoms with E-state index in [2.05, 4.69) is 18.3 Å². The lowest BCUT2D eigenvalue weighted by molar-refractivity contribution is 0.207. The maximum absolute atomic E-state index is 5.74. The molecule has 0 radical (unpaired) electrons. The van der Waals surface area contributed by atoms with Crippen LogP contribution in [0.4, 0.5) is 0 Å². The molecule has 2 atom stereocenters. The van der Waals surface area contributed by atoms with E-state index in [0.29, 0.717) is 0 Å². The Morgan fingerprint density at radius 2 is 2.21 bits per heavy atom. The average molecular weight is 193 g/mol. The first-order valence-corrected chi connectivity index (χ1v) is 4.78. The van der Waals surface area contributed by atoms with Crippen molar-refractivity contribution in [3.05, 3.63) is 23.8 Å². The first kappa shape index (κ1) is 9.34. The normalized spacial score (nSPS) is 24.2. The Morgan fingerprint density at radius 3 is 2.86 bits per heavy atom. The van der Waals surface area contributed by atoms with Crippen LogP contribution in [0.3, 0.4) is 0 Å². The molecule has 0 amide bonds. The van der Waals surface area contributed by atoms with Gasteiger partial charge in [-0.05, 0) is 20.0 Å². The summed E-state index contributed by atoms with van der Waals surface area (Å²) >= 11 is 0. The van der Waals surface area contributed by atoms with Crippen LogP contribution in [0.15, 0.2) is 18.2 Å². The van der Waals surface area contributed by atoms with Crippen LogP contribution < -0.4 is 14.8 Å². The van der Waals surface area contributed by atoms with Crippen LogP contribution in [-0.4, -0.2) is 20.3 Å². The third kappa shape index (κ3) is 1.24. The fourth-order valence-electron chi connectivity index (χ4n) is 1.96. The van der Waals surface area contributed by atoms with Crippen LogP contribution in [0.25, 0.3) is 0 Å². The lowest BCUT2D eigenvalue weighted by Crippen LogP contribution is -2.25. The van der Waals surface area contributed by atoms with Crippen LogP contribution >= 0.6 is 0 Å². The number of para-hydroxylation sites is 1. The molecular formula is C11H15NO2. The molecule has 0 saturated heterocycles. The van der Waals surface area contributed by atoms with Gasteiger partial charge in [-0.3, -0.25) is 0 Å². The van der Waals surface area contributed by atoms with Gasteiger partial charge in [0.05, 0.1) is 13.2 Å². The van der Waals surface area contributed by atoms with Crippen molar-refractivity contribution < 1.29 is 9.47 Å². The number of fused-ring (bicyclic) bond motifs is 1. The molecule has 1 aliphatic rings. The first-order valence-electron chi connectivity index (χ1n) is 4.78. The molecule has 76 valence electrons. The first-order chi connectivity index (χ1) is 6.77. The summed E-state index contributed by atoms with van der Waals surface area (Å²) in [6.45, 7) is 2.06. The third-order valence-electron chi connectivity index (χ3n) is 2.65. The van der Waals surface area contributed by atoms with Crippen LogP contribution in [0.2, 0.25) is 0 Å². The monoisotopic (exact) mass is 193 g/mol. The largest absolute Gasteiger partial charge is 0.493 e. The maximum atomic E-state index is 5.74. The summed E-state index contributed by atoms with van der Waals surface area (Å²) in [5, 5.41) is 3.24. The summed E-state index contributed by atoms with van der Waals surface area (Å²) < 4.78 is 11.0. The molecule has 1 aliphatic heterocycles. The lowest BCUT2D eigenvalue weighted by Gasteiger charge is -2.12. The van der Waals surface area contributed by atoms with E-state index in [1.165, 1.54) is 5.56 Å². The Balaban J connectivity index is 2.45. The van der Waals surface area contributed by atoms with Crippen molar-refractivity contribution in [1.29, 1.82) is 0 Å². The summed E-state index contributed by atoms with van der Waals surface area (Å²) in [4.78, 5) is 0. The zero-order valence-corrected chi connectivity index (χ0v) is 8.70. The van der Waals surface area contributed by atoms with Crippen molar-refractivity contribution in [2.24, 2.45) is 0 Å². The van der Waals surface area contributed by atoms with Crippen molar-refractivity contribution in [3.63, 3.8) is 0 Å². The highest BCUT2D eigenvalue weighted by atomic mass is 16.5. The van der Waals surface area contributed by atoms with Crippen molar-refractivity contribution >= 4 is 0 Å². The fraction of sp³-hybridized carbons (Fsp3) is 0.455. The van der Waals surface area contributed by atoms with Crippen molar-refractivity contribution in [3.8, 4) is 11.5 Å². The predicted molar refractivity (Wildman–Crippen MR) is 54.9 cm³/mol. The number of rotatable bonds is 2. The van der Waals surface area contributed by atoms with Gasteiger partial charge in [0.15, 0.2) is 11.5 Å². The van der Waals surface area contributed by atoms with Gasteiger partial charge in [0.25, 0.3) is 0 Å². The van der Waals surface area contributed by atoms with Gasteiger partial charge >= 0.3 is 0 Å². The van der Waals surface area contributed by atoms with E-state index in [-0.39, 0.29) is 12.1 Å². The van der Waals surface area contributed by atoms with Crippen molar-refractivity contribution in [2.75, 3.05) is 14.2 Å². The van der Waals surface area contributed by atoms with E-state index >= 15 is 0 Å². The Bertz CT molecular complexity index is 338. The number of ether oxygens (including phenoxy) is 2. The van der Waals surface area contributed by atoms with Gasteiger partial charge < -0.3 is 14.8 Å². The SMILES string of the molecule is CNC1c2cccc(OC)c2OC1C. The summed E-state index contributed by atoms with van der Waals surface area (Å²) in [6.07, 6.45) is 0.159. The van der Waals surface area contributed by atoms with Crippen LogP contribution in [0, 0.1) is 0 Å². The molecule has 1 heterocycles. The fourth-order valence-corrected chi connectivity index (χ4v) is 1.96. The van der Waals surface area contributed by atoms with Gasteiger partial charge in [0.2, 0.25) is 0 Å². The molecule has 2 rings (SSSR count). The minimum Gasteiger partial charge on any atom is -0.493 e. The minimum absolute atomic E-state index is 0.159.